The van der Waals surface area contributed by atoms with Crippen molar-refractivity contribution in [3.63, 3.8) is 0 Å². The lowest BCUT2D eigenvalue weighted by Gasteiger charge is -2.32. The maximum atomic E-state index is 12.2. The second-order valence-corrected chi connectivity index (χ2v) is 5.59. The fraction of sp³-hybridized carbons (Fsp3) is 1.00. The van der Waals surface area contributed by atoms with Crippen molar-refractivity contribution in [1.29, 1.82) is 0 Å². The van der Waals surface area contributed by atoms with E-state index in [0.717, 1.165) is 26.0 Å². The summed E-state index contributed by atoms with van der Waals surface area (Å²) in [6, 6.07) is 0.326. The third-order valence-corrected chi connectivity index (χ3v) is 3.12. The fourth-order valence-corrected chi connectivity index (χ4v) is 2.20. The van der Waals surface area contributed by atoms with Crippen LogP contribution in [0.4, 0.5) is 13.2 Å². The van der Waals surface area contributed by atoms with Crippen LogP contribution in [0.5, 0.6) is 0 Å². The molecule has 0 spiro atoms. The zero-order valence-electron chi connectivity index (χ0n) is 11.8. The molecule has 0 amide bonds. The fourth-order valence-electron chi connectivity index (χ4n) is 2.20. The van der Waals surface area contributed by atoms with Crippen molar-refractivity contribution >= 4 is 0 Å². The molecule has 0 saturated carbocycles. The third kappa shape index (κ3) is 8.44. The number of nitrogens with zero attached hydrogens (tertiary/aromatic N) is 1. The number of alkyl halides is 3. The Morgan fingerprint density at radius 3 is 2.42 bits per heavy atom. The summed E-state index contributed by atoms with van der Waals surface area (Å²) in [4.78, 5) is 1.48. The maximum absolute atomic E-state index is 12.2. The number of nitrogens with one attached hydrogen (secondary N) is 1. The monoisotopic (exact) mass is 282 g/mol. The second kappa shape index (κ2) is 8.07. The largest absolute Gasteiger partial charge is 0.401 e. The highest BCUT2D eigenvalue weighted by Crippen LogP contribution is 2.19. The van der Waals surface area contributed by atoms with E-state index in [-0.39, 0.29) is 0 Å². The molecule has 0 aliphatic carbocycles. The first kappa shape index (κ1) is 16.7. The summed E-state index contributed by atoms with van der Waals surface area (Å²) in [5.74, 6) is 0.533. The molecule has 1 rings (SSSR count). The highest BCUT2D eigenvalue weighted by atomic mass is 19.4. The van der Waals surface area contributed by atoms with Crippen LogP contribution in [0.1, 0.15) is 26.7 Å². The van der Waals surface area contributed by atoms with Gasteiger partial charge in [-0.2, -0.15) is 13.2 Å². The molecule has 1 saturated heterocycles. The van der Waals surface area contributed by atoms with E-state index >= 15 is 0 Å². The zero-order valence-corrected chi connectivity index (χ0v) is 11.8. The number of halogens is 3. The Morgan fingerprint density at radius 2 is 1.89 bits per heavy atom. The summed E-state index contributed by atoms with van der Waals surface area (Å²) < 4.78 is 42.1. The van der Waals surface area contributed by atoms with Crippen LogP contribution in [0.3, 0.4) is 0 Å². The van der Waals surface area contributed by atoms with Crippen LogP contribution in [0.25, 0.3) is 0 Å². The molecule has 0 bridgehead atoms. The highest BCUT2D eigenvalue weighted by Gasteiger charge is 2.32. The number of hydrogen-bond acceptors (Lipinski definition) is 3. The van der Waals surface area contributed by atoms with Crippen LogP contribution in [0.2, 0.25) is 0 Å². The van der Waals surface area contributed by atoms with Crippen LogP contribution in [-0.4, -0.2) is 56.5 Å². The van der Waals surface area contributed by atoms with Gasteiger partial charge in [-0.3, -0.25) is 4.90 Å². The van der Waals surface area contributed by atoms with Gasteiger partial charge in [0.1, 0.15) is 0 Å². The molecule has 0 aromatic heterocycles. The number of ether oxygens (including phenoxy) is 1. The van der Waals surface area contributed by atoms with Gasteiger partial charge >= 0.3 is 6.18 Å². The summed E-state index contributed by atoms with van der Waals surface area (Å²) in [5, 5.41) is 3.35. The van der Waals surface area contributed by atoms with Crippen molar-refractivity contribution in [2.75, 3.05) is 39.4 Å². The van der Waals surface area contributed by atoms with Crippen molar-refractivity contribution in [1.82, 2.24) is 10.2 Å². The molecule has 19 heavy (non-hydrogen) atoms. The number of rotatable bonds is 7. The number of likely N-dealkylation sites (tertiary alicyclic amines) is 1. The molecule has 0 aromatic rings. The Hall–Kier alpha value is -0.330. The average molecular weight is 282 g/mol. The molecule has 1 heterocycles. The van der Waals surface area contributed by atoms with Crippen molar-refractivity contribution in [3.05, 3.63) is 0 Å². The van der Waals surface area contributed by atoms with Gasteiger partial charge in [0.25, 0.3) is 0 Å². The first-order valence-electron chi connectivity index (χ1n) is 6.97. The number of hydrogen-bond donors (Lipinski definition) is 1. The van der Waals surface area contributed by atoms with E-state index in [9.17, 15) is 13.2 Å². The van der Waals surface area contributed by atoms with Crippen LogP contribution in [-0.2, 0) is 4.74 Å². The van der Waals surface area contributed by atoms with E-state index in [2.05, 4.69) is 19.2 Å². The molecule has 6 heteroatoms. The summed E-state index contributed by atoms with van der Waals surface area (Å²) >= 11 is 0. The molecule has 0 aromatic carbocycles. The second-order valence-electron chi connectivity index (χ2n) is 5.59. The first-order valence-corrected chi connectivity index (χ1v) is 6.97. The normalized spacial score (nSPS) is 19.3. The van der Waals surface area contributed by atoms with E-state index in [1.165, 1.54) is 4.90 Å². The minimum Gasteiger partial charge on any atom is -0.380 e. The smallest absolute Gasteiger partial charge is 0.380 e. The Kier molecular flexibility index (Phi) is 7.10. The van der Waals surface area contributed by atoms with E-state index in [1.807, 2.05) is 0 Å². The molecule has 1 fully saturated rings. The van der Waals surface area contributed by atoms with Gasteiger partial charge in [-0.25, -0.2) is 0 Å². The van der Waals surface area contributed by atoms with Gasteiger partial charge in [0.2, 0.25) is 0 Å². The van der Waals surface area contributed by atoms with E-state index in [1.54, 1.807) is 0 Å². The zero-order chi connectivity index (χ0) is 14.3. The van der Waals surface area contributed by atoms with E-state index in [4.69, 9.17) is 4.74 Å². The molecule has 1 aliphatic heterocycles. The average Bonchev–Trinajstić information content (AvgIpc) is 2.28. The molecule has 0 unspecified atom stereocenters. The van der Waals surface area contributed by atoms with Crippen LogP contribution >= 0.6 is 0 Å². The SMILES string of the molecule is CC(C)COCCNC1CCN(CC(F)(F)F)CC1. The minimum absolute atomic E-state index is 0.326. The van der Waals surface area contributed by atoms with Gasteiger partial charge in [0.05, 0.1) is 13.2 Å². The van der Waals surface area contributed by atoms with Crippen LogP contribution in [0.15, 0.2) is 0 Å². The number of piperidine rings is 1. The van der Waals surface area contributed by atoms with Gasteiger partial charge in [-0.05, 0) is 31.8 Å². The lowest BCUT2D eigenvalue weighted by molar-refractivity contribution is -0.148. The molecule has 114 valence electrons. The highest BCUT2D eigenvalue weighted by molar-refractivity contribution is 4.78. The molecule has 0 radical (unpaired) electrons. The first-order chi connectivity index (χ1) is 8.87. The third-order valence-electron chi connectivity index (χ3n) is 3.12. The Balaban J connectivity index is 2.04. The lowest BCUT2D eigenvalue weighted by atomic mass is 10.1. The predicted octanol–water partition coefficient (Wildman–Crippen LogP) is 2.28. The van der Waals surface area contributed by atoms with Crippen molar-refractivity contribution < 1.29 is 17.9 Å². The van der Waals surface area contributed by atoms with Gasteiger partial charge in [0, 0.05) is 19.2 Å². The van der Waals surface area contributed by atoms with E-state index < -0.39 is 12.7 Å². The summed E-state index contributed by atoms with van der Waals surface area (Å²) in [6.07, 6.45) is -2.52. The minimum atomic E-state index is -4.08. The van der Waals surface area contributed by atoms with Gasteiger partial charge < -0.3 is 10.1 Å². The van der Waals surface area contributed by atoms with E-state index in [0.29, 0.717) is 31.7 Å². The summed E-state index contributed by atoms with van der Waals surface area (Å²) in [5.41, 5.74) is 0. The molecular weight excluding hydrogens is 257 g/mol. The Morgan fingerprint density at radius 1 is 1.26 bits per heavy atom. The van der Waals surface area contributed by atoms with Crippen molar-refractivity contribution in [2.24, 2.45) is 5.92 Å². The molecule has 0 atom stereocenters. The molecule has 3 nitrogen and oxygen atoms in total. The van der Waals surface area contributed by atoms with Crippen LogP contribution < -0.4 is 5.32 Å². The predicted molar refractivity (Wildman–Crippen MR) is 69.2 cm³/mol. The van der Waals surface area contributed by atoms with Gasteiger partial charge in [-0.15, -0.1) is 0 Å². The van der Waals surface area contributed by atoms with Crippen molar-refractivity contribution in [2.45, 2.75) is 38.9 Å². The summed E-state index contributed by atoms with van der Waals surface area (Å²) in [7, 11) is 0. The van der Waals surface area contributed by atoms with Gasteiger partial charge in [0.15, 0.2) is 0 Å². The quantitative estimate of drug-likeness (QED) is 0.725. The lowest BCUT2D eigenvalue weighted by Crippen LogP contribution is -2.46. The van der Waals surface area contributed by atoms with Crippen molar-refractivity contribution in [3.8, 4) is 0 Å². The maximum Gasteiger partial charge on any atom is 0.401 e. The molecule has 1 aliphatic rings. The Bertz CT molecular complexity index is 239. The standard InChI is InChI=1S/C13H25F3N2O/c1-11(2)9-19-8-5-17-12-3-6-18(7-4-12)10-13(14,15)16/h11-12,17H,3-10H2,1-2H3. The van der Waals surface area contributed by atoms with Crippen LogP contribution in [0, 0.1) is 5.92 Å². The molecular formula is C13H25F3N2O. The Labute approximate surface area is 113 Å². The topological polar surface area (TPSA) is 24.5 Å². The molecule has 1 N–H and O–H groups in total. The van der Waals surface area contributed by atoms with Gasteiger partial charge in [-0.1, -0.05) is 13.8 Å². The summed E-state index contributed by atoms with van der Waals surface area (Å²) in [6.45, 7) is 6.65.